The van der Waals surface area contributed by atoms with Gasteiger partial charge in [0.1, 0.15) is 0 Å². The third kappa shape index (κ3) is 3.84. The molecule has 0 unspecified atom stereocenters. The first-order chi connectivity index (χ1) is 9.24. The summed E-state index contributed by atoms with van der Waals surface area (Å²) >= 11 is 3.53. The zero-order valence-corrected chi connectivity index (χ0v) is 13.0. The monoisotopic (exact) mass is 329 g/mol. The second-order valence-corrected chi connectivity index (χ2v) is 5.50. The van der Waals surface area contributed by atoms with Crippen LogP contribution in [0.25, 0.3) is 0 Å². The predicted octanol–water partition coefficient (Wildman–Crippen LogP) is 3.43. The molecular formula is C14H20BrNO3. The molecule has 106 valence electrons. The van der Waals surface area contributed by atoms with E-state index < -0.39 is 0 Å². The van der Waals surface area contributed by atoms with Gasteiger partial charge in [0, 0.05) is 11.0 Å². The number of ether oxygens (including phenoxy) is 2. The van der Waals surface area contributed by atoms with Crippen LogP contribution in [0.1, 0.15) is 31.2 Å². The highest BCUT2D eigenvalue weighted by atomic mass is 79.9. The summed E-state index contributed by atoms with van der Waals surface area (Å²) in [6.45, 7) is 0.636. The van der Waals surface area contributed by atoms with Gasteiger partial charge in [-0.15, -0.1) is 0 Å². The van der Waals surface area contributed by atoms with E-state index >= 15 is 0 Å². The van der Waals surface area contributed by atoms with E-state index in [2.05, 4.69) is 21.4 Å². The lowest BCUT2D eigenvalue weighted by molar-refractivity contribution is -0.0245. The molecule has 0 radical (unpaired) electrons. The van der Waals surface area contributed by atoms with Gasteiger partial charge in [0.05, 0.1) is 20.3 Å². The van der Waals surface area contributed by atoms with E-state index in [4.69, 9.17) is 14.3 Å². The number of hydroxylamine groups is 1. The number of rotatable bonds is 6. The third-order valence-electron chi connectivity index (χ3n) is 3.37. The Balaban J connectivity index is 1.95. The molecule has 0 spiro atoms. The molecule has 5 heteroatoms. The maximum Gasteiger partial charge on any atom is 0.161 e. The summed E-state index contributed by atoms with van der Waals surface area (Å²) < 4.78 is 11.5. The largest absolute Gasteiger partial charge is 0.493 e. The molecule has 1 N–H and O–H groups in total. The average molecular weight is 330 g/mol. The Kier molecular flexibility index (Phi) is 5.48. The maximum atomic E-state index is 5.65. The number of methoxy groups -OCH3 is 2. The van der Waals surface area contributed by atoms with Crippen molar-refractivity contribution in [1.82, 2.24) is 5.48 Å². The van der Waals surface area contributed by atoms with Gasteiger partial charge in [-0.05, 0) is 30.5 Å². The van der Waals surface area contributed by atoms with Crippen LogP contribution in [0.3, 0.4) is 0 Å². The molecule has 2 rings (SSSR count). The molecule has 1 aromatic carbocycles. The summed E-state index contributed by atoms with van der Waals surface area (Å²) in [5, 5.41) is 0. The summed E-state index contributed by atoms with van der Waals surface area (Å²) in [6, 6.07) is 3.86. The normalized spacial score (nSPS) is 15.7. The highest BCUT2D eigenvalue weighted by Crippen LogP contribution is 2.33. The van der Waals surface area contributed by atoms with Crippen LogP contribution in [0.4, 0.5) is 0 Å². The van der Waals surface area contributed by atoms with E-state index in [1.165, 1.54) is 12.8 Å². The van der Waals surface area contributed by atoms with Gasteiger partial charge in [-0.2, -0.15) is 5.48 Å². The van der Waals surface area contributed by atoms with E-state index in [9.17, 15) is 0 Å². The second kappa shape index (κ2) is 7.12. The van der Waals surface area contributed by atoms with Crippen molar-refractivity contribution in [3.63, 3.8) is 0 Å². The third-order valence-corrected chi connectivity index (χ3v) is 4.11. The lowest BCUT2D eigenvalue weighted by Crippen LogP contribution is -2.21. The Morgan fingerprint density at radius 1 is 1.16 bits per heavy atom. The zero-order valence-electron chi connectivity index (χ0n) is 11.4. The van der Waals surface area contributed by atoms with Gasteiger partial charge in [-0.1, -0.05) is 28.8 Å². The van der Waals surface area contributed by atoms with Gasteiger partial charge in [0.25, 0.3) is 0 Å². The van der Waals surface area contributed by atoms with Gasteiger partial charge >= 0.3 is 0 Å². The van der Waals surface area contributed by atoms with Crippen molar-refractivity contribution in [2.45, 2.75) is 38.3 Å². The molecule has 4 nitrogen and oxygen atoms in total. The smallest absolute Gasteiger partial charge is 0.161 e. The standard InChI is InChI=1S/C14H20BrNO3/c1-17-13-7-10(12(15)8-14(13)18-2)9-16-19-11-5-3-4-6-11/h7-8,11,16H,3-6,9H2,1-2H3. The van der Waals surface area contributed by atoms with E-state index in [-0.39, 0.29) is 0 Å². The van der Waals surface area contributed by atoms with Gasteiger partial charge in [0.2, 0.25) is 0 Å². The van der Waals surface area contributed by atoms with Crippen LogP contribution in [-0.4, -0.2) is 20.3 Å². The van der Waals surface area contributed by atoms with Crippen molar-refractivity contribution in [1.29, 1.82) is 0 Å². The predicted molar refractivity (Wildman–Crippen MR) is 77.4 cm³/mol. The van der Waals surface area contributed by atoms with Crippen LogP contribution in [0.2, 0.25) is 0 Å². The van der Waals surface area contributed by atoms with Crippen molar-refractivity contribution in [3.05, 3.63) is 22.2 Å². The molecule has 19 heavy (non-hydrogen) atoms. The molecule has 0 aliphatic heterocycles. The molecule has 0 aromatic heterocycles. The van der Waals surface area contributed by atoms with Gasteiger partial charge in [-0.25, -0.2) is 0 Å². The molecule has 0 saturated heterocycles. The minimum Gasteiger partial charge on any atom is -0.493 e. The first-order valence-corrected chi connectivity index (χ1v) is 7.32. The number of hydrogen-bond acceptors (Lipinski definition) is 4. The van der Waals surface area contributed by atoms with E-state index in [0.717, 1.165) is 34.4 Å². The average Bonchev–Trinajstić information content (AvgIpc) is 2.93. The zero-order chi connectivity index (χ0) is 13.7. The summed E-state index contributed by atoms with van der Waals surface area (Å²) in [5.74, 6) is 1.44. The summed E-state index contributed by atoms with van der Waals surface area (Å²) in [4.78, 5) is 5.65. The fraction of sp³-hybridized carbons (Fsp3) is 0.571. The second-order valence-electron chi connectivity index (χ2n) is 4.64. The first-order valence-electron chi connectivity index (χ1n) is 6.53. The van der Waals surface area contributed by atoms with Crippen LogP contribution < -0.4 is 15.0 Å². The lowest BCUT2D eigenvalue weighted by atomic mass is 10.2. The van der Waals surface area contributed by atoms with E-state index in [1.807, 2.05) is 12.1 Å². The van der Waals surface area contributed by atoms with Crippen LogP contribution >= 0.6 is 15.9 Å². The Bertz CT molecular complexity index is 419. The van der Waals surface area contributed by atoms with E-state index in [1.54, 1.807) is 14.2 Å². The minimum absolute atomic E-state index is 0.360. The highest BCUT2D eigenvalue weighted by molar-refractivity contribution is 9.10. The number of nitrogens with one attached hydrogen (secondary N) is 1. The van der Waals surface area contributed by atoms with Gasteiger partial charge in [-0.3, -0.25) is 4.84 Å². The Morgan fingerprint density at radius 2 is 1.79 bits per heavy atom. The lowest BCUT2D eigenvalue weighted by Gasteiger charge is -2.14. The molecule has 1 aromatic rings. The van der Waals surface area contributed by atoms with Gasteiger partial charge in [0.15, 0.2) is 11.5 Å². The van der Waals surface area contributed by atoms with Crippen molar-refractivity contribution < 1.29 is 14.3 Å². The Hall–Kier alpha value is -0.780. The molecule has 1 aliphatic carbocycles. The molecule has 1 fully saturated rings. The van der Waals surface area contributed by atoms with Crippen molar-refractivity contribution in [2.75, 3.05) is 14.2 Å². The summed E-state index contributed by atoms with van der Waals surface area (Å²) in [7, 11) is 3.27. The molecule has 0 atom stereocenters. The van der Waals surface area contributed by atoms with Crippen LogP contribution in [-0.2, 0) is 11.4 Å². The van der Waals surface area contributed by atoms with Crippen molar-refractivity contribution in [2.24, 2.45) is 0 Å². The Labute approximate surface area is 122 Å². The molecular weight excluding hydrogens is 310 g/mol. The number of halogens is 1. The first kappa shape index (κ1) is 14.6. The topological polar surface area (TPSA) is 39.7 Å². The van der Waals surface area contributed by atoms with E-state index in [0.29, 0.717) is 12.6 Å². The van der Waals surface area contributed by atoms with Crippen LogP contribution in [0.15, 0.2) is 16.6 Å². The van der Waals surface area contributed by atoms with Crippen molar-refractivity contribution >= 4 is 15.9 Å². The van der Waals surface area contributed by atoms with Crippen LogP contribution in [0.5, 0.6) is 11.5 Å². The fourth-order valence-corrected chi connectivity index (χ4v) is 2.74. The van der Waals surface area contributed by atoms with Crippen LogP contribution in [0, 0.1) is 0 Å². The number of hydrogen-bond donors (Lipinski definition) is 1. The molecule has 1 saturated carbocycles. The minimum atomic E-state index is 0.360. The molecule has 0 heterocycles. The maximum absolute atomic E-state index is 5.65. The quantitative estimate of drug-likeness (QED) is 0.811. The number of benzene rings is 1. The fourth-order valence-electron chi connectivity index (χ4n) is 2.28. The molecule has 1 aliphatic rings. The summed E-state index contributed by atoms with van der Waals surface area (Å²) in [6.07, 6.45) is 5.21. The Morgan fingerprint density at radius 3 is 2.42 bits per heavy atom. The van der Waals surface area contributed by atoms with Crippen molar-refractivity contribution in [3.8, 4) is 11.5 Å². The summed E-state index contributed by atoms with van der Waals surface area (Å²) in [5.41, 5.74) is 4.13. The highest BCUT2D eigenvalue weighted by Gasteiger charge is 2.16. The SMILES string of the molecule is COc1cc(Br)c(CNOC2CCCC2)cc1OC. The molecule has 0 amide bonds. The van der Waals surface area contributed by atoms with Gasteiger partial charge < -0.3 is 9.47 Å². The molecule has 0 bridgehead atoms.